The van der Waals surface area contributed by atoms with Crippen molar-refractivity contribution in [2.75, 3.05) is 6.61 Å². The Morgan fingerprint density at radius 3 is 1.40 bits per heavy atom. The van der Waals surface area contributed by atoms with Gasteiger partial charge in [-0.1, -0.05) is 90.4 Å². The van der Waals surface area contributed by atoms with Gasteiger partial charge >= 0.3 is 0 Å². The number of hydrogen-bond acceptors (Lipinski definition) is 3. The van der Waals surface area contributed by atoms with Crippen molar-refractivity contribution in [3.63, 3.8) is 0 Å². The molecule has 0 aromatic carbocycles. The van der Waals surface area contributed by atoms with E-state index >= 15 is 0 Å². The molecule has 0 aromatic rings. The summed E-state index contributed by atoms with van der Waals surface area (Å²) < 4.78 is 0. The van der Waals surface area contributed by atoms with Gasteiger partial charge in [-0.05, 0) is 6.42 Å². The van der Waals surface area contributed by atoms with Crippen molar-refractivity contribution in [1.82, 2.24) is 0 Å². The Labute approximate surface area is 124 Å². The van der Waals surface area contributed by atoms with Crippen molar-refractivity contribution in [2.45, 2.75) is 96.8 Å². The first-order valence-electron chi connectivity index (χ1n) is 8.54. The molecular formula is C16H33NO3. The first kappa shape index (κ1) is 19.2. The molecule has 0 aliphatic carbocycles. The summed E-state index contributed by atoms with van der Waals surface area (Å²) >= 11 is 0. The fourth-order valence-corrected chi connectivity index (χ4v) is 2.44. The highest BCUT2D eigenvalue weighted by molar-refractivity contribution is 4.49. The van der Waals surface area contributed by atoms with Crippen LogP contribution in [-0.2, 0) is 4.84 Å². The minimum Gasteiger partial charge on any atom is -0.314 e. The Kier molecular flexibility index (Phi) is 15.6. The Bertz CT molecular complexity index is 210. The van der Waals surface area contributed by atoms with E-state index in [1.54, 1.807) is 0 Å². The zero-order chi connectivity index (χ0) is 14.9. The topological polar surface area (TPSA) is 52.4 Å². The van der Waals surface area contributed by atoms with Crippen molar-refractivity contribution in [1.29, 1.82) is 0 Å². The highest BCUT2D eigenvalue weighted by atomic mass is 16.9. The van der Waals surface area contributed by atoms with Gasteiger partial charge in [0.05, 0.1) is 6.61 Å². The van der Waals surface area contributed by atoms with Crippen molar-refractivity contribution < 1.29 is 9.92 Å². The summed E-state index contributed by atoms with van der Waals surface area (Å²) in [5.41, 5.74) is 0. The Hall–Kier alpha value is -0.800. The van der Waals surface area contributed by atoms with Crippen LogP contribution in [0.25, 0.3) is 0 Å². The average Bonchev–Trinajstić information content (AvgIpc) is 2.43. The van der Waals surface area contributed by atoms with Gasteiger partial charge < -0.3 is 4.84 Å². The first-order chi connectivity index (χ1) is 9.77. The van der Waals surface area contributed by atoms with Gasteiger partial charge in [0.25, 0.3) is 5.09 Å². The maximum Gasteiger partial charge on any atom is 0.294 e. The van der Waals surface area contributed by atoms with Crippen LogP contribution in [0.3, 0.4) is 0 Å². The molecule has 0 unspecified atom stereocenters. The molecule has 0 saturated carbocycles. The van der Waals surface area contributed by atoms with E-state index in [9.17, 15) is 10.1 Å². The van der Waals surface area contributed by atoms with Crippen LogP contribution >= 0.6 is 0 Å². The highest BCUT2D eigenvalue weighted by Gasteiger charge is 1.96. The third-order valence-corrected chi connectivity index (χ3v) is 3.69. The summed E-state index contributed by atoms with van der Waals surface area (Å²) in [6, 6.07) is 0. The van der Waals surface area contributed by atoms with Gasteiger partial charge in [0, 0.05) is 0 Å². The van der Waals surface area contributed by atoms with Crippen LogP contribution in [0, 0.1) is 10.1 Å². The molecule has 0 radical (unpaired) electrons. The lowest BCUT2D eigenvalue weighted by Gasteiger charge is -2.03. The largest absolute Gasteiger partial charge is 0.314 e. The molecule has 0 atom stereocenters. The molecule has 0 aromatic heterocycles. The molecule has 0 fully saturated rings. The Morgan fingerprint density at radius 2 is 1.05 bits per heavy atom. The predicted octanol–water partition coefficient (Wildman–Crippen LogP) is 5.68. The third-order valence-electron chi connectivity index (χ3n) is 3.69. The Morgan fingerprint density at radius 1 is 0.700 bits per heavy atom. The van der Waals surface area contributed by atoms with Crippen molar-refractivity contribution in [3.8, 4) is 0 Å². The Balaban J connectivity index is 2.94. The second kappa shape index (κ2) is 16.3. The van der Waals surface area contributed by atoms with Crippen LogP contribution < -0.4 is 0 Å². The molecule has 0 heterocycles. The smallest absolute Gasteiger partial charge is 0.294 e. The van der Waals surface area contributed by atoms with Crippen molar-refractivity contribution >= 4 is 0 Å². The molecular weight excluding hydrogens is 254 g/mol. The average molecular weight is 287 g/mol. The molecule has 120 valence electrons. The summed E-state index contributed by atoms with van der Waals surface area (Å²) in [5, 5.41) is 9.21. The van der Waals surface area contributed by atoms with Crippen LogP contribution in [0.1, 0.15) is 96.8 Å². The molecule has 0 saturated heterocycles. The second-order valence-corrected chi connectivity index (χ2v) is 5.65. The zero-order valence-electron chi connectivity index (χ0n) is 13.3. The van der Waals surface area contributed by atoms with E-state index in [1.807, 2.05) is 0 Å². The van der Waals surface area contributed by atoms with Crippen LogP contribution in [0.2, 0.25) is 0 Å². The van der Waals surface area contributed by atoms with Gasteiger partial charge in [0.15, 0.2) is 0 Å². The van der Waals surface area contributed by atoms with Crippen LogP contribution in [0.5, 0.6) is 0 Å². The molecule has 0 aliphatic rings. The molecule has 0 amide bonds. The lowest BCUT2D eigenvalue weighted by atomic mass is 10.0. The summed E-state index contributed by atoms with van der Waals surface area (Å²) in [6.45, 7) is 2.51. The molecule has 4 heteroatoms. The number of rotatable bonds is 16. The van der Waals surface area contributed by atoms with Crippen molar-refractivity contribution in [2.24, 2.45) is 0 Å². The van der Waals surface area contributed by atoms with Crippen LogP contribution in [0.4, 0.5) is 0 Å². The molecule has 0 spiro atoms. The third kappa shape index (κ3) is 17.2. The summed E-state index contributed by atoms with van der Waals surface area (Å²) in [7, 11) is 0. The lowest BCUT2D eigenvalue weighted by Crippen LogP contribution is -2.01. The molecule has 0 bridgehead atoms. The van der Waals surface area contributed by atoms with Crippen molar-refractivity contribution in [3.05, 3.63) is 10.1 Å². The normalized spacial score (nSPS) is 10.7. The lowest BCUT2D eigenvalue weighted by molar-refractivity contribution is -0.757. The van der Waals surface area contributed by atoms with E-state index in [2.05, 4.69) is 11.8 Å². The zero-order valence-corrected chi connectivity index (χ0v) is 13.3. The van der Waals surface area contributed by atoms with E-state index in [0.717, 1.165) is 12.8 Å². The number of hydrogen-bond donors (Lipinski definition) is 0. The van der Waals surface area contributed by atoms with Gasteiger partial charge in [-0.25, -0.2) is 0 Å². The predicted molar refractivity (Wildman–Crippen MR) is 83.3 cm³/mol. The maximum atomic E-state index is 9.92. The van der Waals surface area contributed by atoms with Gasteiger partial charge in [0.2, 0.25) is 0 Å². The van der Waals surface area contributed by atoms with E-state index in [0.29, 0.717) is 0 Å². The fourth-order valence-electron chi connectivity index (χ4n) is 2.44. The van der Waals surface area contributed by atoms with E-state index < -0.39 is 5.09 Å². The fraction of sp³-hybridized carbons (Fsp3) is 1.00. The van der Waals surface area contributed by atoms with E-state index in [-0.39, 0.29) is 6.61 Å². The second-order valence-electron chi connectivity index (χ2n) is 5.65. The first-order valence-corrected chi connectivity index (χ1v) is 8.54. The number of nitrogens with zero attached hydrogens (tertiary/aromatic N) is 1. The molecule has 4 nitrogen and oxygen atoms in total. The monoisotopic (exact) mass is 287 g/mol. The van der Waals surface area contributed by atoms with Gasteiger partial charge in [-0.15, -0.1) is 10.1 Å². The standard InChI is InChI=1S/C16H33NO3/c1-2-3-4-5-6-7-8-9-10-11-12-13-14-15-16-20-17(18)19/h2-16H2,1H3. The quantitative estimate of drug-likeness (QED) is 0.208. The van der Waals surface area contributed by atoms with Crippen LogP contribution in [0.15, 0.2) is 0 Å². The summed E-state index contributed by atoms with van der Waals surface area (Å²) in [4.78, 5) is 14.2. The van der Waals surface area contributed by atoms with E-state index in [1.165, 1.54) is 77.0 Å². The minimum atomic E-state index is -0.706. The van der Waals surface area contributed by atoms with Gasteiger partial charge in [-0.3, -0.25) is 0 Å². The van der Waals surface area contributed by atoms with Gasteiger partial charge in [0.1, 0.15) is 0 Å². The van der Waals surface area contributed by atoms with E-state index in [4.69, 9.17) is 0 Å². The molecule has 0 rings (SSSR count). The molecule has 0 N–H and O–H groups in total. The highest BCUT2D eigenvalue weighted by Crippen LogP contribution is 2.12. The van der Waals surface area contributed by atoms with Gasteiger partial charge in [-0.2, -0.15) is 0 Å². The minimum absolute atomic E-state index is 0.255. The summed E-state index contributed by atoms with van der Waals surface area (Å²) in [6.07, 6.45) is 18.1. The SMILES string of the molecule is CCCCCCCCCCCCCCCCO[N+](=O)[O-]. The molecule has 0 aliphatic heterocycles. The molecule has 20 heavy (non-hydrogen) atoms. The van der Waals surface area contributed by atoms with Crippen LogP contribution in [-0.4, -0.2) is 11.7 Å². The number of unbranched alkanes of at least 4 members (excludes halogenated alkanes) is 13. The summed E-state index contributed by atoms with van der Waals surface area (Å²) in [5.74, 6) is 0. The maximum absolute atomic E-state index is 9.92.